The number of aliphatic hydroxyl groups is 1. The lowest BCUT2D eigenvalue weighted by Crippen LogP contribution is -2.43. The zero-order chi connectivity index (χ0) is 11.2. The SMILES string of the molecule is OC1CCCCC1NCC1CCCCCC1. The van der Waals surface area contributed by atoms with E-state index in [0.717, 1.165) is 18.9 Å². The third-order valence-electron chi connectivity index (χ3n) is 4.37. The monoisotopic (exact) mass is 225 g/mol. The Kier molecular flexibility index (Phi) is 5.11. The summed E-state index contributed by atoms with van der Waals surface area (Å²) in [4.78, 5) is 0. The van der Waals surface area contributed by atoms with Crippen LogP contribution in [0.4, 0.5) is 0 Å². The fourth-order valence-corrected chi connectivity index (χ4v) is 3.24. The van der Waals surface area contributed by atoms with Crippen LogP contribution in [-0.2, 0) is 0 Å². The Morgan fingerprint density at radius 1 is 0.812 bits per heavy atom. The van der Waals surface area contributed by atoms with Crippen LogP contribution in [0.15, 0.2) is 0 Å². The number of nitrogens with one attached hydrogen (secondary N) is 1. The van der Waals surface area contributed by atoms with Gasteiger partial charge in [0.25, 0.3) is 0 Å². The summed E-state index contributed by atoms with van der Waals surface area (Å²) in [5.74, 6) is 0.872. The first-order valence-electron chi connectivity index (χ1n) is 7.28. The van der Waals surface area contributed by atoms with Gasteiger partial charge in [0.05, 0.1) is 6.10 Å². The van der Waals surface area contributed by atoms with Crippen molar-refractivity contribution in [3.05, 3.63) is 0 Å². The molecule has 0 radical (unpaired) electrons. The predicted octanol–water partition coefficient (Wildman–Crippen LogP) is 2.85. The van der Waals surface area contributed by atoms with Crippen molar-refractivity contribution in [3.63, 3.8) is 0 Å². The van der Waals surface area contributed by atoms with Crippen LogP contribution in [0, 0.1) is 5.92 Å². The van der Waals surface area contributed by atoms with Crippen LogP contribution in [0.2, 0.25) is 0 Å². The van der Waals surface area contributed by atoms with E-state index < -0.39 is 0 Å². The molecule has 2 N–H and O–H groups in total. The first-order valence-corrected chi connectivity index (χ1v) is 7.28. The molecule has 2 rings (SSSR count). The Labute approximate surface area is 99.8 Å². The van der Waals surface area contributed by atoms with Gasteiger partial charge in [0, 0.05) is 6.04 Å². The van der Waals surface area contributed by atoms with Gasteiger partial charge in [-0.2, -0.15) is 0 Å². The van der Waals surface area contributed by atoms with Gasteiger partial charge in [-0.15, -0.1) is 0 Å². The molecular weight excluding hydrogens is 198 g/mol. The zero-order valence-electron chi connectivity index (χ0n) is 10.5. The standard InChI is InChI=1S/C14H27NO/c16-14-10-6-5-9-13(14)15-11-12-7-3-1-2-4-8-12/h12-16H,1-11H2. The summed E-state index contributed by atoms with van der Waals surface area (Å²) in [5, 5.41) is 13.5. The molecule has 0 amide bonds. The molecule has 0 spiro atoms. The molecule has 2 aliphatic carbocycles. The van der Waals surface area contributed by atoms with Gasteiger partial charge in [-0.25, -0.2) is 0 Å². The lowest BCUT2D eigenvalue weighted by Gasteiger charge is -2.30. The quantitative estimate of drug-likeness (QED) is 0.724. The van der Waals surface area contributed by atoms with Gasteiger partial charge in [0.1, 0.15) is 0 Å². The van der Waals surface area contributed by atoms with E-state index in [4.69, 9.17) is 0 Å². The van der Waals surface area contributed by atoms with Gasteiger partial charge in [-0.3, -0.25) is 0 Å². The predicted molar refractivity (Wildman–Crippen MR) is 67.5 cm³/mol. The Hall–Kier alpha value is -0.0800. The first kappa shape index (κ1) is 12.4. The van der Waals surface area contributed by atoms with Gasteiger partial charge in [-0.1, -0.05) is 38.5 Å². The van der Waals surface area contributed by atoms with Crippen LogP contribution in [0.3, 0.4) is 0 Å². The minimum Gasteiger partial charge on any atom is -0.392 e. The van der Waals surface area contributed by atoms with E-state index in [0.29, 0.717) is 6.04 Å². The maximum Gasteiger partial charge on any atom is 0.0693 e. The molecule has 0 bridgehead atoms. The van der Waals surface area contributed by atoms with Crippen LogP contribution < -0.4 is 5.32 Å². The summed E-state index contributed by atoms with van der Waals surface area (Å²) in [6.45, 7) is 1.14. The molecule has 0 aromatic carbocycles. The van der Waals surface area contributed by atoms with Crippen molar-refractivity contribution < 1.29 is 5.11 Å². The summed E-state index contributed by atoms with van der Waals surface area (Å²) in [6, 6.07) is 0.386. The van der Waals surface area contributed by atoms with Crippen molar-refractivity contribution in [2.24, 2.45) is 5.92 Å². The minimum atomic E-state index is -0.0838. The number of hydrogen-bond donors (Lipinski definition) is 2. The van der Waals surface area contributed by atoms with Crippen LogP contribution in [0.25, 0.3) is 0 Å². The molecule has 2 saturated carbocycles. The van der Waals surface area contributed by atoms with Crippen molar-refractivity contribution in [2.45, 2.75) is 76.4 Å². The topological polar surface area (TPSA) is 32.3 Å². The molecule has 0 aliphatic heterocycles. The second kappa shape index (κ2) is 6.61. The first-order chi connectivity index (χ1) is 7.86. The lowest BCUT2D eigenvalue weighted by atomic mass is 9.91. The Bertz CT molecular complexity index is 187. The molecule has 2 nitrogen and oxygen atoms in total. The normalized spacial score (nSPS) is 33.6. The molecule has 0 saturated heterocycles. The van der Waals surface area contributed by atoms with E-state index in [2.05, 4.69) is 5.32 Å². The zero-order valence-corrected chi connectivity index (χ0v) is 10.5. The third kappa shape index (κ3) is 3.74. The summed E-state index contributed by atoms with van der Waals surface area (Å²) < 4.78 is 0. The van der Waals surface area contributed by atoms with Crippen molar-refractivity contribution in [1.29, 1.82) is 0 Å². The molecule has 94 valence electrons. The van der Waals surface area contributed by atoms with Crippen molar-refractivity contribution >= 4 is 0 Å². The van der Waals surface area contributed by atoms with Gasteiger partial charge < -0.3 is 10.4 Å². The van der Waals surface area contributed by atoms with Gasteiger partial charge in [-0.05, 0) is 38.1 Å². The minimum absolute atomic E-state index is 0.0838. The number of aliphatic hydroxyl groups excluding tert-OH is 1. The van der Waals surface area contributed by atoms with Gasteiger partial charge >= 0.3 is 0 Å². The van der Waals surface area contributed by atoms with Crippen LogP contribution in [-0.4, -0.2) is 23.8 Å². The van der Waals surface area contributed by atoms with Crippen LogP contribution in [0.5, 0.6) is 0 Å². The maximum absolute atomic E-state index is 9.89. The summed E-state index contributed by atoms with van der Waals surface area (Å²) in [7, 11) is 0. The highest BCUT2D eigenvalue weighted by molar-refractivity contribution is 4.81. The van der Waals surface area contributed by atoms with E-state index in [9.17, 15) is 5.11 Å². The summed E-state index contributed by atoms with van der Waals surface area (Å²) in [5.41, 5.74) is 0. The highest BCUT2D eigenvalue weighted by atomic mass is 16.3. The van der Waals surface area contributed by atoms with Crippen LogP contribution >= 0.6 is 0 Å². The molecule has 2 unspecified atom stereocenters. The fourth-order valence-electron chi connectivity index (χ4n) is 3.24. The molecule has 0 aromatic rings. The number of rotatable bonds is 3. The highest BCUT2D eigenvalue weighted by Crippen LogP contribution is 2.23. The molecule has 2 heteroatoms. The van der Waals surface area contributed by atoms with E-state index in [1.54, 1.807) is 0 Å². The molecule has 0 aromatic heterocycles. The molecule has 16 heavy (non-hydrogen) atoms. The smallest absolute Gasteiger partial charge is 0.0693 e. The highest BCUT2D eigenvalue weighted by Gasteiger charge is 2.23. The lowest BCUT2D eigenvalue weighted by molar-refractivity contribution is 0.0884. The van der Waals surface area contributed by atoms with Gasteiger partial charge in [0.15, 0.2) is 0 Å². The molecule has 0 heterocycles. The number of hydrogen-bond acceptors (Lipinski definition) is 2. The van der Waals surface area contributed by atoms with Crippen molar-refractivity contribution in [2.75, 3.05) is 6.54 Å². The van der Waals surface area contributed by atoms with E-state index >= 15 is 0 Å². The third-order valence-corrected chi connectivity index (χ3v) is 4.37. The summed E-state index contributed by atoms with van der Waals surface area (Å²) in [6.07, 6.45) is 13.1. The van der Waals surface area contributed by atoms with E-state index in [-0.39, 0.29) is 6.10 Å². The van der Waals surface area contributed by atoms with Crippen LogP contribution in [0.1, 0.15) is 64.2 Å². The molecule has 2 fully saturated rings. The van der Waals surface area contributed by atoms with E-state index in [1.807, 2.05) is 0 Å². The fraction of sp³-hybridized carbons (Fsp3) is 1.00. The Morgan fingerprint density at radius 3 is 2.12 bits per heavy atom. The second-order valence-corrected chi connectivity index (χ2v) is 5.72. The average molecular weight is 225 g/mol. The largest absolute Gasteiger partial charge is 0.392 e. The molecule has 2 aliphatic rings. The van der Waals surface area contributed by atoms with Crippen molar-refractivity contribution in [1.82, 2.24) is 5.32 Å². The molecular formula is C14H27NO. The molecule has 2 atom stereocenters. The van der Waals surface area contributed by atoms with Gasteiger partial charge in [0.2, 0.25) is 0 Å². The summed E-state index contributed by atoms with van der Waals surface area (Å²) >= 11 is 0. The maximum atomic E-state index is 9.89. The van der Waals surface area contributed by atoms with Crippen molar-refractivity contribution in [3.8, 4) is 0 Å². The Balaban J connectivity index is 1.68. The Morgan fingerprint density at radius 2 is 1.44 bits per heavy atom. The second-order valence-electron chi connectivity index (χ2n) is 5.72. The average Bonchev–Trinajstić information content (AvgIpc) is 2.56. The van der Waals surface area contributed by atoms with E-state index in [1.165, 1.54) is 57.8 Å².